The van der Waals surface area contributed by atoms with Crippen LogP contribution in [-0.2, 0) is 14.3 Å². The molecule has 3 saturated heterocycles. The van der Waals surface area contributed by atoms with Gasteiger partial charge in [-0.3, -0.25) is 9.59 Å². The molecular weight excluding hydrogens is 318 g/mol. The number of hydrogen-bond acceptors (Lipinski definition) is 4. The Morgan fingerprint density at radius 2 is 1.68 bits per heavy atom. The number of likely N-dealkylation sites (tertiary alicyclic amines) is 1. The Bertz CT molecular complexity index is 492. The summed E-state index contributed by atoms with van der Waals surface area (Å²) in [7, 11) is 0. The first-order chi connectivity index (χ1) is 12.2. The van der Waals surface area contributed by atoms with Crippen LogP contribution in [0.3, 0.4) is 0 Å². The number of ether oxygens (including phenoxy) is 1. The maximum atomic E-state index is 13.0. The topological polar surface area (TPSA) is 61.9 Å². The van der Waals surface area contributed by atoms with E-state index in [4.69, 9.17) is 4.74 Å². The molecule has 6 heteroatoms. The molecule has 3 heterocycles. The summed E-state index contributed by atoms with van der Waals surface area (Å²) in [5.74, 6) is 1.10. The lowest BCUT2D eigenvalue weighted by atomic mass is 9.85. The van der Waals surface area contributed by atoms with Crippen molar-refractivity contribution in [3.63, 3.8) is 0 Å². The van der Waals surface area contributed by atoms with Crippen molar-refractivity contribution in [1.82, 2.24) is 15.1 Å². The molecule has 4 fully saturated rings. The molecule has 1 N–H and O–H groups in total. The number of hydrogen-bond donors (Lipinski definition) is 1. The molecule has 0 aromatic rings. The van der Waals surface area contributed by atoms with Gasteiger partial charge in [-0.25, -0.2) is 0 Å². The summed E-state index contributed by atoms with van der Waals surface area (Å²) in [4.78, 5) is 29.7. The van der Waals surface area contributed by atoms with Gasteiger partial charge in [0.1, 0.15) is 0 Å². The predicted octanol–water partition coefficient (Wildman–Crippen LogP) is 1.00. The van der Waals surface area contributed by atoms with Gasteiger partial charge in [0.25, 0.3) is 0 Å². The number of rotatable bonds is 2. The monoisotopic (exact) mass is 349 g/mol. The first-order valence-corrected chi connectivity index (χ1v) is 10.1. The van der Waals surface area contributed by atoms with E-state index < -0.39 is 0 Å². The van der Waals surface area contributed by atoms with Crippen molar-refractivity contribution in [1.29, 1.82) is 0 Å². The summed E-state index contributed by atoms with van der Waals surface area (Å²) in [6.07, 6.45) is 7.90. The van der Waals surface area contributed by atoms with E-state index in [2.05, 4.69) is 5.32 Å². The van der Waals surface area contributed by atoms with Crippen molar-refractivity contribution < 1.29 is 14.3 Å². The Morgan fingerprint density at radius 1 is 0.880 bits per heavy atom. The molecule has 0 aromatic heterocycles. The molecule has 1 aliphatic carbocycles. The number of morpholine rings is 1. The van der Waals surface area contributed by atoms with E-state index in [1.807, 2.05) is 9.80 Å². The van der Waals surface area contributed by atoms with Crippen molar-refractivity contribution in [3.8, 4) is 0 Å². The molecule has 4 atom stereocenters. The van der Waals surface area contributed by atoms with E-state index in [0.29, 0.717) is 44.8 Å². The quantitative estimate of drug-likeness (QED) is 0.808. The molecular formula is C19H31N3O3. The molecule has 4 rings (SSSR count). The first kappa shape index (κ1) is 17.3. The van der Waals surface area contributed by atoms with Crippen molar-refractivity contribution in [2.75, 3.05) is 39.4 Å². The summed E-state index contributed by atoms with van der Waals surface area (Å²) in [5, 5.41) is 3.59. The van der Waals surface area contributed by atoms with Crippen LogP contribution < -0.4 is 5.32 Å². The largest absolute Gasteiger partial charge is 0.378 e. The summed E-state index contributed by atoms with van der Waals surface area (Å²) in [6, 6.07) is 0.517. The number of carbonyl (C=O) groups excluding carboxylic acids is 2. The highest BCUT2D eigenvalue weighted by Crippen LogP contribution is 2.34. The highest BCUT2D eigenvalue weighted by molar-refractivity contribution is 5.84. The Hall–Kier alpha value is -1.14. The molecule has 0 spiro atoms. The van der Waals surface area contributed by atoms with Crippen LogP contribution in [0.5, 0.6) is 0 Å². The average molecular weight is 349 g/mol. The lowest BCUT2D eigenvalue weighted by Crippen LogP contribution is -2.52. The Labute approximate surface area is 150 Å². The maximum absolute atomic E-state index is 13.0. The van der Waals surface area contributed by atoms with Crippen LogP contribution in [0.25, 0.3) is 0 Å². The smallest absolute Gasteiger partial charge is 0.239 e. The first-order valence-electron chi connectivity index (χ1n) is 10.1. The lowest BCUT2D eigenvalue weighted by Gasteiger charge is -2.37. The van der Waals surface area contributed by atoms with E-state index in [9.17, 15) is 9.59 Å². The Balaban J connectivity index is 1.34. The van der Waals surface area contributed by atoms with Gasteiger partial charge in [0.2, 0.25) is 11.8 Å². The normalized spacial score (nSPS) is 36.2. The van der Waals surface area contributed by atoms with Crippen LogP contribution in [0.1, 0.15) is 44.9 Å². The highest BCUT2D eigenvalue weighted by Gasteiger charge is 2.41. The van der Waals surface area contributed by atoms with Crippen molar-refractivity contribution in [2.45, 2.75) is 57.0 Å². The average Bonchev–Trinajstić information content (AvgIpc) is 3.12. The van der Waals surface area contributed by atoms with Crippen LogP contribution in [0, 0.1) is 11.8 Å². The second kappa shape index (κ2) is 7.62. The molecule has 4 unspecified atom stereocenters. The second-order valence-electron chi connectivity index (χ2n) is 8.17. The van der Waals surface area contributed by atoms with Crippen LogP contribution in [0.4, 0.5) is 0 Å². The van der Waals surface area contributed by atoms with Gasteiger partial charge in [-0.15, -0.1) is 0 Å². The maximum Gasteiger partial charge on any atom is 0.239 e. The van der Waals surface area contributed by atoms with E-state index in [0.717, 1.165) is 25.8 Å². The molecule has 3 aliphatic heterocycles. The van der Waals surface area contributed by atoms with Crippen LogP contribution in [-0.4, -0.2) is 73.1 Å². The fourth-order valence-corrected chi connectivity index (χ4v) is 5.15. The van der Waals surface area contributed by atoms with Gasteiger partial charge in [-0.05, 0) is 38.0 Å². The summed E-state index contributed by atoms with van der Waals surface area (Å²) < 4.78 is 5.34. The molecule has 6 nitrogen and oxygen atoms in total. The van der Waals surface area contributed by atoms with Gasteiger partial charge in [-0.2, -0.15) is 0 Å². The summed E-state index contributed by atoms with van der Waals surface area (Å²) in [5.41, 5.74) is 0. The van der Waals surface area contributed by atoms with Crippen molar-refractivity contribution in [2.24, 2.45) is 11.8 Å². The number of amides is 2. The molecule has 4 aliphatic rings. The third-order valence-corrected chi connectivity index (χ3v) is 6.57. The zero-order valence-corrected chi connectivity index (χ0v) is 15.1. The minimum absolute atomic E-state index is 0.0228. The van der Waals surface area contributed by atoms with Crippen molar-refractivity contribution in [3.05, 3.63) is 0 Å². The predicted molar refractivity (Wildman–Crippen MR) is 94.0 cm³/mol. The number of piperidine rings is 1. The van der Waals surface area contributed by atoms with Crippen LogP contribution in [0.15, 0.2) is 0 Å². The molecule has 0 radical (unpaired) electrons. The van der Waals surface area contributed by atoms with E-state index in [-0.39, 0.29) is 23.8 Å². The molecule has 0 aromatic carbocycles. The summed E-state index contributed by atoms with van der Waals surface area (Å²) in [6.45, 7) is 4.06. The van der Waals surface area contributed by atoms with Gasteiger partial charge < -0.3 is 19.9 Å². The van der Waals surface area contributed by atoms with Gasteiger partial charge in [0, 0.05) is 32.2 Å². The van der Waals surface area contributed by atoms with Crippen molar-refractivity contribution >= 4 is 11.8 Å². The fourth-order valence-electron chi connectivity index (χ4n) is 5.15. The molecule has 140 valence electrons. The highest BCUT2D eigenvalue weighted by atomic mass is 16.5. The number of nitrogens with one attached hydrogen (secondary N) is 1. The zero-order chi connectivity index (χ0) is 17.2. The minimum Gasteiger partial charge on any atom is -0.378 e. The third kappa shape index (κ3) is 3.70. The molecule has 0 bridgehead atoms. The number of carbonyl (C=O) groups is 2. The van der Waals surface area contributed by atoms with E-state index in [1.54, 1.807) is 0 Å². The zero-order valence-electron chi connectivity index (χ0n) is 15.1. The Morgan fingerprint density at radius 3 is 2.48 bits per heavy atom. The van der Waals surface area contributed by atoms with E-state index in [1.165, 1.54) is 25.7 Å². The standard InChI is InChI=1S/C19H31N3O3/c23-18(21-8-10-25-11-9-21)15-5-3-7-22(13-15)19(24)17-12-14-4-1-2-6-16(14)20-17/h14-17,20H,1-13H2. The number of nitrogens with zero attached hydrogens (tertiary/aromatic N) is 2. The van der Waals surface area contributed by atoms with Gasteiger partial charge >= 0.3 is 0 Å². The van der Waals surface area contributed by atoms with Gasteiger partial charge in [-0.1, -0.05) is 12.8 Å². The van der Waals surface area contributed by atoms with E-state index >= 15 is 0 Å². The Kier molecular flexibility index (Phi) is 5.27. The molecule has 1 saturated carbocycles. The van der Waals surface area contributed by atoms with Gasteiger partial charge in [0.05, 0.1) is 25.2 Å². The summed E-state index contributed by atoms with van der Waals surface area (Å²) >= 11 is 0. The fraction of sp³-hybridized carbons (Fsp3) is 0.895. The molecule has 25 heavy (non-hydrogen) atoms. The third-order valence-electron chi connectivity index (χ3n) is 6.57. The second-order valence-corrected chi connectivity index (χ2v) is 8.17. The van der Waals surface area contributed by atoms with Crippen LogP contribution in [0.2, 0.25) is 0 Å². The van der Waals surface area contributed by atoms with Gasteiger partial charge in [0.15, 0.2) is 0 Å². The molecule has 2 amide bonds. The number of fused-ring (bicyclic) bond motifs is 1. The minimum atomic E-state index is -0.0283. The van der Waals surface area contributed by atoms with Crippen LogP contribution >= 0.6 is 0 Å². The SMILES string of the molecule is O=C(C1CCCN(C(=O)C2CC3CCCCC3N2)C1)N1CCOCC1. The lowest BCUT2D eigenvalue weighted by molar-refractivity contribution is -0.144.